The predicted octanol–water partition coefficient (Wildman–Crippen LogP) is -10.1. The second-order valence-corrected chi connectivity index (χ2v) is 1.73. The Bertz CT molecular complexity index is 119. The molecule has 0 saturated heterocycles. The molecule has 0 atom stereocenters. The van der Waals surface area contributed by atoms with E-state index in [1.54, 1.807) is 0 Å². The van der Waals surface area contributed by atoms with Crippen LogP contribution in [0.1, 0.15) is 0 Å². The van der Waals surface area contributed by atoms with Crippen LogP contribution in [0.3, 0.4) is 0 Å². The maximum absolute atomic E-state index is 8.46. The van der Waals surface area contributed by atoms with Crippen LogP contribution in [0.25, 0.3) is 0 Å². The summed E-state index contributed by atoms with van der Waals surface area (Å²) in [4.78, 5) is 0. The minimum atomic E-state index is -1.75. The minimum Gasteiger partial charge on any atom is 3.00 e. The summed E-state index contributed by atoms with van der Waals surface area (Å²) in [7, 11) is 0. The van der Waals surface area contributed by atoms with E-state index in [9.17, 15) is 0 Å². The van der Waals surface area contributed by atoms with Crippen LogP contribution in [0.15, 0.2) is 0 Å². The molecular weight excluding hydrogens is 635 g/mol. The monoisotopic (exact) mass is 635 g/mol. The zero-order valence-electron chi connectivity index (χ0n) is 9.44. The molecule has 0 fully saturated rings. The summed E-state index contributed by atoms with van der Waals surface area (Å²) < 4.78 is 101. The summed E-state index contributed by atoms with van der Waals surface area (Å²) in [6.07, 6.45) is 0. The van der Waals surface area contributed by atoms with Gasteiger partial charge in [-0.05, 0) is 0 Å². The van der Waals surface area contributed by atoms with Gasteiger partial charge in [0.15, 0.2) is 0 Å². The smallest absolute Gasteiger partial charge is 3.00 e. The van der Waals surface area contributed by atoms with E-state index in [-0.39, 0.29) is 83.0 Å². The first kappa shape index (κ1) is 49.5. The Labute approximate surface area is 219 Å². The molecule has 0 spiro atoms. The van der Waals surface area contributed by atoms with Gasteiger partial charge < -0.3 is 0 Å². The number of hydrogen-bond acceptors (Lipinski definition) is 12. The Hall–Kier alpha value is 3.54. The Morgan fingerprint density at radius 3 is 0.400 bits per heavy atom. The van der Waals surface area contributed by atoms with Crippen molar-refractivity contribution < 1.29 is 131 Å². The maximum Gasteiger partial charge on any atom is 3.00 e. The molecule has 20 heavy (non-hydrogen) atoms. The molecule has 0 N–H and O–H groups in total. The second-order valence-electron chi connectivity index (χ2n) is 0.577. The van der Waals surface area contributed by atoms with Gasteiger partial charge >= 0.3 is 224 Å². The molecule has 12 nitrogen and oxygen atoms in total. The SMILES string of the molecule is [Ce+3].[O]=[Al][O-].[O]=[Al][O-].[O]=[Al][O-].[O]=[Al][O-].[O]=[Al][O-].[O]=[Al][O-].[Pr+3]. The molecule has 0 amide bonds. The molecule has 20 heteroatoms. The summed E-state index contributed by atoms with van der Waals surface area (Å²) in [6, 6.07) is 0. The van der Waals surface area contributed by atoms with Crippen LogP contribution in [-0.4, -0.2) is 92.9 Å². The zero-order valence-corrected chi connectivity index (χ0v) is 23.2. The van der Waals surface area contributed by atoms with Crippen molar-refractivity contribution in [3.8, 4) is 0 Å². The van der Waals surface area contributed by atoms with E-state index in [2.05, 4.69) is 0 Å². The van der Waals surface area contributed by atoms with Gasteiger partial charge in [-0.2, -0.15) is 0 Å². The van der Waals surface area contributed by atoms with Gasteiger partial charge in [-0.25, -0.2) is 0 Å². The molecule has 0 rings (SSSR count). The summed E-state index contributed by atoms with van der Waals surface area (Å²) in [5.74, 6) is 0. The summed E-state index contributed by atoms with van der Waals surface area (Å²) in [5, 5.41) is 0. The molecule has 0 bridgehead atoms. The van der Waals surface area contributed by atoms with E-state index in [4.69, 9.17) is 47.8 Å². The van der Waals surface area contributed by atoms with Gasteiger partial charge in [0.2, 0.25) is 0 Å². The van der Waals surface area contributed by atoms with Crippen LogP contribution >= 0.6 is 0 Å². The van der Waals surface area contributed by atoms with Gasteiger partial charge in [0.1, 0.15) is 0 Å². The Balaban J connectivity index is -0.0000000141. The predicted molar refractivity (Wildman–Crippen MR) is 38.6 cm³/mol. The largest absolute Gasteiger partial charge is 3.00 e. The molecule has 0 saturated carbocycles. The first-order chi connectivity index (χ1) is 8.49. The van der Waals surface area contributed by atoms with E-state index in [0.29, 0.717) is 0 Å². The average molecular weight is 635 g/mol. The summed E-state index contributed by atoms with van der Waals surface area (Å²) in [6.45, 7) is 0. The average Bonchev–Trinajstić information content (AvgIpc) is 2.23. The topological polar surface area (TPSA) is 241 Å². The quantitative estimate of drug-likeness (QED) is 0.226. The number of hydrogen-bond donors (Lipinski definition) is 0. The van der Waals surface area contributed by atoms with Gasteiger partial charge in [0.05, 0.1) is 0 Å². The van der Waals surface area contributed by atoms with Crippen molar-refractivity contribution in [2.45, 2.75) is 0 Å². The summed E-state index contributed by atoms with van der Waals surface area (Å²) in [5.41, 5.74) is 0. The van der Waals surface area contributed by atoms with Crippen LogP contribution in [0.2, 0.25) is 0 Å². The van der Waals surface area contributed by atoms with Crippen LogP contribution < -0.4 is 24.9 Å². The van der Waals surface area contributed by atoms with Gasteiger partial charge in [0.25, 0.3) is 0 Å². The van der Waals surface area contributed by atoms with Crippen LogP contribution in [0.4, 0.5) is 0 Å². The Morgan fingerprint density at radius 2 is 0.400 bits per heavy atom. The van der Waals surface area contributed by atoms with Crippen LogP contribution in [0.5, 0.6) is 0 Å². The van der Waals surface area contributed by atoms with Gasteiger partial charge in [-0.3, -0.25) is 0 Å². The molecule has 0 aliphatic carbocycles. The molecule has 0 aliphatic rings. The van der Waals surface area contributed by atoms with E-state index in [1.165, 1.54) is 0 Å². The van der Waals surface area contributed by atoms with Crippen molar-refractivity contribution >= 4 is 92.9 Å². The Kier molecular flexibility index (Phi) is 285. The third kappa shape index (κ3) is 727. The standard InChI is InChI=1S/6Al.Ce.12O.Pr/q;;;;;;+3;;;;;;;6*-1;+3. The minimum absolute atomic E-state index is 0. The van der Waals surface area contributed by atoms with Crippen LogP contribution in [0, 0.1) is 83.0 Å². The van der Waals surface area contributed by atoms with Gasteiger partial charge in [0, 0.05) is 0 Å². The van der Waals surface area contributed by atoms with Gasteiger partial charge in [-0.1, -0.05) is 0 Å². The van der Waals surface area contributed by atoms with Crippen molar-refractivity contribution in [2.24, 2.45) is 0 Å². The normalized spacial score (nSPS) is 2.40. The van der Waals surface area contributed by atoms with Crippen molar-refractivity contribution in [3.05, 3.63) is 0 Å². The molecule has 1 radical (unpaired) electrons. The van der Waals surface area contributed by atoms with E-state index < -0.39 is 92.9 Å². The fourth-order valence-electron chi connectivity index (χ4n) is 0. The van der Waals surface area contributed by atoms with Crippen molar-refractivity contribution in [3.63, 3.8) is 0 Å². The first-order valence-corrected chi connectivity index (χ1v) is 8.49. The molecular formula is Al6CeO12Pr. The fourth-order valence-corrected chi connectivity index (χ4v) is 0. The van der Waals surface area contributed by atoms with Crippen molar-refractivity contribution in [2.75, 3.05) is 0 Å². The molecule has 97 valence electrons. The van der Waals surface area contributed by atoms with Crippen molar-refractivity contribution in [1.82, 2.24) is 0 Å². The molecule has 0 aromatic heterocycles. The third-order valence-electron chi connectivity index (χ3n) is 0. The zero-order chi connectivity index (χ0) is 16.2. The molecule has 0 heterocycles. The maximum atomic E-state index is 8.46. The van der Waals surface area contributed by atoms with Crippen molar-refractivity contribution in [1.29, 1.82) is 0 Å². The fraction of sp³-hybridized carbons (Fsp3) is 0. The second kappa shape index (κ2) is 115. The first-order valence-electron chi connectivity index (χ1n) is 2.83. The number of rotatable bonds is 0. The van der Waals surface area contributed by atoms with E-state index in [0.717, 1.165) is 0 Å². The van der Waals surface area contributed by atoms with E-state index >= 15 is 0 Å². The molecule has 0 aromatic rings. The Morgan fingerprint density at radius 1 is 0.400 bits per heavy atom. The van der Waals surface area contributed by atoms with E-state index in [1.807, 2.05) is 0 Å². The van der Waals surface area contributed by atoms with Crippen LogP contribution in [-0.2, 0) is 22.8 Å². The summed E-state index contributed by atoms with van der Waals surface area (Å²) >= 11 is -10.5. The third-order valence-corrected chi connectivity index (χ3v) is 0. The molecule has 0 aliphatic heterocycles. The van der Waals surface area contributed by atoms with Gasteiger partial charge in [-0.15, -0.1) is 0 Å². The molecule has 0 unspecified atom stereocenters. The molecule has 0 aromatic carbocycles.